The average Bonchev–Trinajstić information content (AvgIpc) is 3.53. The maximum Gasteiger partial charge on any atom is 0.311 e. The van der Waals surface area contributed by atoms with Crippen LogP contribution in [0.1, 0.15) is 81.3 Å². The Morgan fingerprint density at radius 1 is 0.935 bits per heavy atom. The van der Waals surface area contributed by atoms with E-state index in [1.54, 1.807) is 4.68 Å². The number of rotatable bonds is 19. The highest BCUT2D eigenvalue weighted by Crippen LogP contribution is 2.30. The number of hydrogen-bond donors (Lipinski definition) is 2. The van der Waals surface area contributed by atoms with Gasteiger partial charge in [-0.25, -0.2) is 4.68 Å². The van der Waals surface area contributed by atoms with Crippen molar-refractivity contribution in [3.05, 3.63) is 114 Å². The third-order valence-corrected chi connectivity index (χ3v) is 8.59. The predicted molar refractivity (Wildman–Crippen MR) is 182 cm³/mol. The van der Waals surface area contributed by atoms with E-state index in [2.05, 4.69) is 95.3 Å². The molecular weight excluding hydrogens is 576 g/mol. The van der Waals surface area contributed by atoms with Gasteiger partial charge in [0.05, 0.1) is 24.3 Å². The molecule has 2 N–H and O–H groups in total. The minimum Gasteiger partial charge on any atom is -0.494 e. The summed E-state index contributed by atoms with van der Waals surface area (Å²) in [6.45, 7) is 9.56. The Bertz CT molecular complexity index is 1440. The standard InChI is InChI=1S/C38H50N4O4/c1-5-38(3,4)37(44)46-28-34(43)27-42-26-33(40-41-42)19-13-25-45-35-22-20-30(21-23-35)14-12-24-39-36(32-17-10-7-11-18-32)29(2)31-15-8-6-9-16-31/h6-11,15-18,20-23,26,29,34,36,39,43H,5,12-14,19,24-25,27-28H2,1-4H3/t29-,34?,36+/m1/s1. The second-order valence-corrected chi connectivity index (χ2v) is 12.7. The fourth-order valence-electron chi connectivity index (χ4n) is 5.26. The Kier molecular flexibility index (Phi) is 13.4. The van der Waals surface area contributed by atoms with Gasteiger partial charge in [-0.2, -0.15) is 0 Å². The van der Waals surface area contributed by atoms with Crippen molar-refractivity contribution in [2.75, 3.05) is 19.8 Å². The molecule has 8 heteroatoms. The van der Waals surface area contributed by atoms with Crippen LogP contribution in [0.3, 0.4) is 0 Å². The van der Waals surface area contributed by atoms with E-state index in [0.717, 1.165) is 37.3 Å². The molecule has 3 aromatic carbocycles. The average molecular weight is 627 g/mol. The van der Waals surface area contributed by atoms with Crippen LogP contribution in [0.4, 0.5) is 0 Å². The molecule has 0 spiro atoms. The summed E-state index contributed by atoms with van der Waals surface area (Å²) in [6, 6.07) is 30.1. The molecule has 1 unspecified atom stereocenters. The van der Waals surface area contributed by atoms with Crippen molar-refractivity contribution in [2.24, 2.45) is 5.41 Å². The minimum absolute atomic E-state index is 0.0657. The van der Waals surface area contributed by atoms with E-state index in [-0.39, 0.29) is 25.2 Å². The van der Waals surface area contributed by atoms with E-state index in [9.17, 15) is 9.90 Å². The molecule has 8 nitrogen and oxygen atoms in total. The number of aliphatic hydroxyl groups is 1. The van der Waals surface area contributed by atoms with Crippen molar-refractivity contribution in [1.82, 2.24) is 20.3 Å². The van der Waals surface area contributed by atoms with Crippen LogP contribution < -0.4 is 10.1 Å². The molecule has 4 rings (SSSR count). The van der Waals surface area contributed by atoms with Crippen LogP contribution in [0.5, 0.6) is 5.75 Å². The number of ether oxygens (including phenoxy) is 2. The summed E-state index contributed by atoms with van der Waals surface area (Å²) in [4.78, 5) is 12.1. The topological polar surface area (TPSA) is 98.5 Å². The van der Waals surface area contributed by atoms with Crippen molar-refractivity contribution < 1.29 is 19.4 Å². The number of aromatic nitrogens is 3. The molecule has 1 aromatic heterocycles. The Morgan fingerprint density at radius 2 is 1.61 bits per heavy atom. The van der Waals surface area contributed by atoms with E-state index in [0.29, 0.717) is 25.4 Å². The Hall–Kier alpha value is -4.01. The highest BCUT2D eigenvalue weighted by atomic mass is 16.5. The first-order chi connectivity index (χ1) is 22.2. The van der Waals surface area contributed by atoms with Gasteiger partial charge in [0.15, 0.2) is 0 Å². The largest absolute Gasteiger partial charge is 0.494 e. The molecule has 0 aliphatic heterocycles. The molecule has 0 fully saturated rings. The number of aryl methyl sites for hydroxylation is 2. The van der Waals surface area contributed by atoms with Gasteiger partial charge in [-0.15, -0.1) is 5.10 Å². The number of aliphatic hydroxyl groups excluding tert-OH is 1. The molecule has 246 valence electrons. The lowest BCUT2D eigenvalue weighted by Crippen LogP contribution is -2.30. The van der Waals surface area contributed by atoms with Gasteiger partial charge in [0.1, 0.15) is 18.5 Å². The quantitative estimate of drug-likeness (QED) is 0.0883. The maximum atomic E-state index is 12.1. The van der Waals surface area contributed by atoms with E-state index in [1.165, 1.54) is 16.7 Å². The van der Waals surface area contributed by atoms with E-state index >= 15 is 0 Å². The van der Waals surface area contributed by atoms with Gasteiger partial charge >= 0.3 is 5.97 Å². The summed E-state index contributed by atoms with van der Waals surface area (Å²) in [5.74, 6) is 0.911. The molecule has 4 aromatic rings. The number of nitrogens with one attached hydrogen (secondary N) is 1. The summed E-state index contributed by atoms with van der Waals surface area (Å²) in [5, 5.41) is 22.4. The van der Waals surface area contributed by atoms with E-state index in [1.807, 2.05) is 39.1 Å². The molecule has 0 radical (unpaired) electrons. The third-order valence-electron chi connectivity index (χ3n) is 8.59. The molecule has 1 heterocycles. The van der Waals surface area contributed by atoms with Gasteiger partial charge in [0.25, 0.3) is 0 Å². The second-order valence-electron chi connectivity index (χ2n) is 12.7. The SMILES string of the molecule is CCC(C)(C)C(=O)OCC(O)Cn1cc(CCCOc2ccc(CCCN[C@H](c3ccccc3)[C@H](C)c3ccccc3)cc2)nn1. The van der Waals surface area contributed by atoms with Crippen molar-refractivity contribution in [3.63, 3.8) is 0 Å². The highest BCUT2D eigenvalue weighted by molar-refractivity contribution is 5.75. The predicted octanol–water partition coefficient (Wildman–Crippen LogP) is 6.70. The van der Waals surface area contributed by atoms with Gasteiger partial charge in [0.2, 0.25) is 0 Å². The molecule has 0 amide bonds. The van der Waals surface area contributed by atoms with Crippen LogP contribution in [-0.2, 0) is 28.9 Å². The number of hydrogen-bond acceptors (Lipinski definition) is 7. The lowest BCUT2D eigenvalue weighted by Gasteiger charge is -2.26. The van der Waals surface area contributed by atoms with Crippen molar-refractivity contribution in [1.29, 1.82) is 0 Å². The third kappa shape index (κ3) is 10.8. The lowest BCUT2D eigenvalue weighted by molar-refractivity contribution is -0.157. The molecule has 0 saturated heterocycles. The normalized spacial score (nSPS) is 13.6. The van der Waals surface area contributed by atoms with E-state index in [4.69, 9.17) is 9.47 Å². The summed E-state index contributed by atoms with van der Waals surface area (Å²) >= 11 is 0. The zero-order valence-corrected chi connectivity index (χ0v) is 27.8. The summed E-state index contributed by atoms with van der Waals surface area (Å²) in [6.07, 6.45) is 5.20. The molecule has 0 bridgehead atoms. The number of carbonyl (C=O) groups is 1. The molecule has 3 atom stereocenters. The first-order valence-electron chi connectivity index (χ1n) is 16.5. The van der Waals surface area contributed by atoms with Gasteiger partial charge in [-0.05, 0) is 81.3 Å². The fraction of sp³-hybridized carbons (Fsp3) is 0.447. The summed E-state index contributed by atoms with van der Waals surface area (Å²) in [5.41, 5.74) is 4.22. The van der Waals surface area contributed by atoms with Crippen molar-refractivity contribution >= 4 is 5.97 Å². The monoisotopic (exact) mass is 626 g/mol. The highest BCUT2D eigenvalue weighted by Gasteiger charge is 2.27. The van der Waals surface area contributed by atoms with Crippen LogP contribution in [0.25, 0.3) is 0 Å². The van der Waals surface area contributed by atoms with Gasteiger partial charge in [-0.1, -0.05) is 91.9 Å². The van der Waals surface area contributed by atoms with Gasteiger partial charge in [0, 0.05) is 18.2 Å². The first kappa shape index (κ1) is 34.9. The van der Waals surface area contributed by atoms with Crippen LogP contribution in [-0.4, -0.2) is 51.9 Å². The number of carbonyl (C=O) groups excluding carboxylic acids is 1. The first-order valence-corrected chi connectivity index (χ1v) is 16.5. The fourth-order valence-corrected chi connectivity index (χ4v) is 5.26. The van der Waals surface area contributed by atoms with Gasteiger partial charge in [-0.3, -0.25) is 4.79 Å². The Morgan fingerprint density at radius 3 is 2.28 bits per heavy atom. The summed E-state index contributed by atoms with van der Waals surface area (Å²) in [7, 11) is 0. The maximum absolute atomic E-state index is 12.1. The van der Waals surface area contributed by atoms with Crippen LogP contribution in [0.15, 0.2) is 91.1 Å². The molecule has 46 heavy (non-hydrogen) atoms. The molecular formula is C38H50N4O4. The zero-order chi connectivity index (χ0) is 32.8. The smallest absolute Gasteiger partial charge is 0.311 e. The van der Waals surface area contributed by atoms with E-state index < -0.39 is 11.5 Å². The van der Waals surface area contributed by atoms with Crippen molar-refractivity contribution in [3.8, 4) is 5.75 Å². The Labute approximate surface area is 274 Å². The zero-order valence-electron chi connectivity index (χ0n) is 27.8. The van der Waals surface area contributed by atoms with Crippen molar-refractivity contribution in [2.45, 2.75) is 84.4 Å². The lowest BCUT2D eigenvalue weighted by atomic mass is 9.88. The van der Waals surface area contributed by atoms with Crippen LogP contribution >= 0.6 is 0 Å². The summed E-state index contributed by atoms with van der Waals surface area (Å²) < 4.78 is 12.8. The second kappa shape index (κ2) is 17.6. The van der Waals surface area contributed by atoms with Crippen LogP contribution in [0.2, 0.25) is 0 Å². The van der Waals surface area contributed by atoms with Crippen LogP contribution in [0, 0.1) is 5.41 Å². The Balaban J connectivity index is 1.13. The molecule has 0 aliphatic carbocycles. The molecule has 0 saturated carbocycles. The minimum atomic E-state index is -0.844. The van der Waals surface area contributed by atoms with Gasteiger partial charge < -0.3 is 19.9 Å². The number of benzene rings is 3. The molecule has 0 aliphatic rings. The number of nitrogens with zero attached hydrogens (tertiary/aromatic N) is 3. The number of esters is 1.